The van der Waals surface area contributed by atoms with E-state index in [0.29, 0.717) is 5.11 Å². The van der Waals surface area contributed by atoms with Gasteiger partial charge in [0.05, 0.1) is 17.8 Å². The summed E-state index contributed by atoms with van der Waals surface area (Å²) in [6.45, 7) is 6.26. The maximum absolute atomic E-state index is 12.1. The Labute approximate surface area is 242 Å². The number of anilines is 2. The molecule has 4 aromatic rings. The van der Waals surface area contributed by atoms with Crippen molar-refractivity contribution in [1.82, 2.24) is 14.9 Å². The van der Waals surface area contributed by atoms with E-state index in [0.717, 1.165) is 49.7 Å². The Bertz CT molecular complexity index is 1520. The molecule has 1 amide bonds. The second kappa shape index (κ2) is 11.3. The quantitative estimate of drug-likeness (QED) is 0.241. The van der Waals surface area contributed by atoms with Gasteiger partial charge in [-0.3, -0.25) is 9.78 Å². The van der Waals surface area contributed by atoms with Crippen LogP contribution in [0.4, 0.5) is 11.4 Å². The fourth-order valence-corrected chi connectivity index (χ4v) is 5.89. The third-order valence-electron chi connectivity index (χ3n) is 7.01. The van der Waals surface area contributed by atoms with Crippen LogP contribution in [-0.4, -0.2) is 34.3 Å². The molecule has 9 heteroatoms. The van der Waals surface area contributed by atoms with Crippen molar-refractivity contribution in [3.8, 4) is 5.69 Å². The van der Waals surface area contributed by atoms with Crippen LogP contribution >= 0.6 is 28.1 Å². The largest absolute Gasteiger partial charge is 0.375 e. The summed E-state index contributed by atoms with van der Waals surface area (Å²) in [4.78, 5) is 19.0. The Balaban J connectivity index is 1.60. The van der Waals surface area contributed by atoms with Gasteiger partial charge in [-0.05, 0) is 105 Å². The number of pyridine rings is 1. The molecule has 0 aliphatic carbocycles. The molecule has 2 N–H and O–H groups in total. The third kappa shape index (κ3) is 5.34. The van der Waals surface area contributed by atoms with E-state index in [1.807, 2.05) is 43.5 Å². The highest BCUT2D eigenvalue weighted by atomic mass is 79.9. The molecule has 39 heavy (non-hydrogen) atoms. The van der Waals surface area contributed by atoms with Crippen molar-refractivity contribution < 1.29 is 9.53 Å². The van der Waals surface area contributed by atoms with Gasteiger partial charge in [-0.1, -0.05) is 22.0 Å². The first kappa shape index (κ1) is 27.1. The summed E-state index contributed by atoms with van der Waals surface area (Å²) < 4.78 is 8.27. The van der Waals surface area contributed by atoms with Crippen LogP contribution in [-0.2, 0) is 9.53 Å². The minimum atomic E-state index is -0.194. The lowest BCUT2D eigenvalue weighted by molar-refractivity contribution is -0.119. The van der Waals surface area contributed by atoms with Gasteiger partial charge in [-0.15, -0.1) is 0 Å². The number of amides is 1. The number of carbonyl (C=O) groups is 1. The van der Waals surface area contributed by atoms with Gasteiger partial charge in [-0.2, -0.15) is 0 Å². The molecule has 200 valence electrons. The number of hydrogen-bond acceptors (Lipinski definition) is 4. The van der Waals surface area contributed by atoms with Crippen LogP contribution in [0.25, 0.3) is 5.69 Å². The Morgan fingerprint density at radius 3 is 2.49 bits per heavy atom. The van der Waals surface area contributed by atoms with E-state index < -0.39 is 0 Å². The monoisotopic (exact) mass is 603 g/mol. The lowest BCUT2D eigenvalue weighted by Gasteiger charge is -2.29. The summed E-state index contributed by atoms with van der Waals surface area (Å²) in [5.41, 5.74) is 8.06. The topological polar surface area (TPSA) is 71.4 Å². The molecule has 3 heterocycles. The number of benzene rings is 2. The van der Waals surface area contributed by atoms with E-state index in [2.05, 4.69) is 91.3 Å². The van der Waals surface area contributed by atoms with E-state index in [-0.39, 0.29) is 24.6 Å². The van der Waals surface area contributed by atoms with Gasteiger partial charge in [0.2, 0.25) is 5.91 Å². The number of methoxy groups -OCH3 is 1. The number of hydrogen-bond donors (Lipinski definition) is 2. The predicted octanol–water partition coefficient (Wildman–Crippen LogP) is 6.32. The molecule has 0 unspecified atom stereocenters. The molecular formula is C30H30BrN5O2S. The van der Waals surface area contributed by atoms with Crippen molar-refractivity contribution >= 4 is 50.5 Å². The van der Waals surface area contributed by atoms with Crippen molar-refractivity contribution in [2.45, 2.75) is 32.9 Å². The molecule has 1 fully saturated rings. The molecule has 5 rings (SSSR count). The summed E-state index contributed by atoms with van der Waals surface area (Å²) in [6.07, 6.45) is 1.81. The Morgan fingerprint density at radius 2 is 1.82 bits per heavy atom. The first-order chi connectivity index (χ1) is 18.8. The van der Waals surface area contributed by atoms with Crippen molar-refractivity contribution in [2.75, 3.05) is 23.9 Å². The molecule has 2 aromatic carbocycles. The Hall–Kier alpha value is -3.53. The minimum absolute atomic E-state index is 0.00311. The van der Waals surface area contributed by atoms with Crippen LogP contribution in [0.2, 0.25) is 0 Å². The first-order valence-corrected chi connectivity index (χ1v) is 13.8. The van der Waals surface area contributed by atoms with Gasteiger partial charge in [0, 0.05) is 46.2 Å². The molecule has 1 saturated heterocycles. The van der Waals surface area contributed by atoms with Gasteiger partial charge in [0.15, 0.2) is 5.11 Å². The molecule has 0 bridgehead atoms. The number of thiocarbonyl (C=S) groups is 1. The second-order valence-corrected chi connectivity index (χ2v) is 10.9. The number of rotatable bonds is 7. The molecular weight excluding hydrogens is 574 g/mol. The molecule has 2 atom stereocenters. The van der Waals surface area contributed by atoms with E-state index in [4.69, 9.17) is 17.0 Å². The summed E-state index contributed by atoms with van der Waals surface area (Å²) in [5.74, 6) is -0.194. The molecule has 1 aliphatic rings. The normalized spacial score (nSPS) is 16.8. The molecule has 0 radical (unpaired) electrons. The highest BCUT2D eigenvalue weighted by molar-refractivity contribution is 9.10. The molecule has 0 saturated carbocycles. The lowest BCUT2D eigenvalue weighted by Crippen LogP contribution is -2.29. The van der Waals surface area contributed by atoms with Crippen molar-refractivity contribution in [1.29, 1.82) is 0 Å². The van der Waals surface area contributed by atoms with Crippen LogP contribution in [0.15, 0.2) is 77.4 Å². The van der Waals surface area contributed by atoms with Crippen LogP contribution in [0.1, 0.15) is 40.3 Å². The maximum atomic E-state index is 12.1. The smallest absolute Gasteiger partial charge is 0.250 e. The van der Waals surface area contributed by atoms with E-state index in [1.165, 1.54) is 7.11 Å². The van der Waals surface area contributed by atoms with Gasteiger partial charge in [0.1, 0.15) is 6.61 Å². The van der Waals surface area contributed by atoms with Crippen LogP contribution in [0, 0.1) is 20.8 Å². The van der Waals surface area contributed by atoms with Gasteiger partial charge in [-0.25, -0.2) is 0 Å². The molecule has 7 nitrogen and oxygen atoms in total. The number of carbonyl (C=O) groups excluding carboxylic acids is 1. The number of halogens is 1. The summed E-state index contributed by atoms with van der Waals surface area (Å²) in [7, 11) is 1.50. The summed E-state index contributed by atoms with van der Waals surface area (Å²) >= 11 is 9.48. The van der Waals surface area contributed by atoms with Crippen molar-refractivity contribution in [2.24, 2.45) is 0 Å². The SMILES string of the molecule is COCC(=O)Nc1ccc(N2C(=S)N[C@@H](c3ccccn3)[C@@H]2c2cc(C)n(-c3ccc(Br)cc3)c2C)cc1C. The zero-order chi connectivity index (χ0) is 27.7. The zero-order valence-electron chi connectivity index (χ0n) is 22.2. The van der Waals surface area contributed by atoms with E-state index in [1.54, 1.807) is 0 Å². The zero-order valence-corrected chi connectivity index (χ0v) is 24.6. The average Bonchev–Trinajstić information content (AvgIpc) is 3.41. The van der Waals surface area contributed by atoms with Crippen molar-refractivity contribution in [3.63, 3.8) is 0 Å². The highest BCUT2D eigenvalue weighted by Crippen LogP contribution is 2.44. The number of aryl methyl sites for hydroxylation is 2. The highest BCUT2D eigenvalue weighted by Gasteiger charge is 2.42. The number of aromatic nitrogens is 2. The van der Waals surface area contributed by atoms with Gasteiger partial charge in [0.25, 0.3) is 0 Å². The number of ether oxygens (including phenoxy) is 1. The van der Waals surface area contributed by atoms with E-state index >= 15 is 0 Å². The standard InChI is InChI=1S/C30H30BrN5O2S/c1-18-15-23(12-13-25(18)33-27(37)17-38-4)36-29(28(34-30(36)39)26-7-5-6-14-32-26)24-16-19(2)35(20(24)3)22-10-8-21(31)9-11-22/h5-16,28-29H,17H2,1-4H3,(H,33,37)(H,34,39)/t28-,29-/m0/s1. The van der Waals surface area contributed by atoms with Crippen molar-refractivity contribution in [3.05, 3.63) is 106 Å². The molecule has 2 aromatic heterocycles. The predicted molar refractivity (Wildman–Crippen MR) is 163 cm³/mol. The first-order valence-electron chi connectivity index (χ1n) is 12.6. The Morgan fingerprint density at radius 1 is 1.08 bits per heavy atom. The van der Waals surface area contributed by atoms with Gasteiger partial charge >= 0.3 is 0 Å². The second-order valence-electron chi connectivity index (χ2n) is 9.62. The fourth-order valence-electron chi connectivity index (χ4n) is 5.28. The van der Waals surface area contributed by atoms with E-state index in [9.17, 15) is 4.79 Å². The number of nitrogens with zero attached hydrogens (tertiary/aromatic N) is 3. The van der Waals surface area contributed by atoms with Gasteiger partial charge < -0.3 is 24.8 Å². The summed E-state index contributed by atoms with van der Waals surface area (Å²) in [6, 6.07) is 22.2. The molecule has 0 spiro atoms. The maximum Gasteiger partial charge on any atom is 0.250 e. The summed E-state index contributed by atoms with van der Waals surface area (Å²) in [5, 5.41) is 7.08. The third-order valence-corrected chi connectivity index (χ3v) is 7.85. The lowest BCUT2D eigenvalue weighted by atomic mass is 9.96. The fraction of sp³-hybridized carbons (Fsp3) is 0.233. The molecule has 1 aliphatic heterocycles. The van der Waals surface area contributed by atoms with Crippen LogP contribution < -0.4 is 15.5 Å². The average molecular weight is 605 g/mol. The van der Waals surface area contributed by atoms with Crippen LogP contribution in [0.3, 0.4) is 0 Å². The van der Waals surface area contributed by atoms with Crippen LogP contribution in [0.5, 0.6) is 0 Å². The minimum Gasteiger partial charge on any atom is -0.375 e. The number of nitrogens with one attached hydrogen (secondary N) is 2. The Kier molecular flexibility index (Phi) is 7.83.